The molecule has 1 aromatic carbocycles. The van der Waals surface area contributed by atoms with E-state index in [9.17, 15) is 18.0 Å². The summed E-state index contributed by atoms with van der Waals surface area (Å²) in [6, 6.07) is 9.94. The molecule has 1 saturated heterocycles. The Labute approximate surface area is 162 Å². The highest BCUT2D eigenvalue weighted by Gasteiger charge is 2.36. The van der Waals surface area contributed by atoms with Crippen LogP contribution in [-0.2, 0) is 11.2 Å². The number of nitrogens with zero attached hydrogens (tertiary/aromatic N) is 4. The van der Waals surface area contributed by atoms with E-state index >= 15 is 0 Å². The Balaban J connectivity index is 1.54. The zero-order valence-electron chi connectivity index (χ0n) is 15.9. The molecule has 8 heteroatoms. The third kappa shape index (κ3) is 4.79. The molecule has 0 aliphatic carbocycles. The molecule has 0 saturated carbocycles. The van der Waals surface area contributed by atoms with Crippen LogP contribution in [-0.4, -0.2) is 53.4 Å². The number of rotatable bonds is 4. The van der Waals surface area contributed by atoms with Crippen LogP contribution in [0.1, 0.15) is 29.7 Å². The molecule has 2 aromatic rings. The van der Waals surface area contributed by atoms with Gasteiger partial charge in [0.2, 0.25) is 5.91 Å². The lowest BCUT2D eigenvalue weighted by molar-refractivity contribution is -0.146. The van der Waals surface area contributed by atoms with E-state index < -0.39 is 12.1 Å². The molecule has 1 unspecified atom stereocenters. The SMILES string of the molecule is Cc1ccc(N2CCN(C(=O)Cc3ccc(C(C)C(F)(F)F)cc3)CC2)nn1. The van der Waals surface area contributed by atoms with Gasteiger partial charge in [-0.25, -0.2) is 0 Å². The fourth-order valence-corrected chi connectivity index (χ4v) is 3.15. The van der Waals surface area contributed by atoms with Gasteiger partial charge in [0.15, 0.2) is 5.82 Å². The molecule has 150 valence electrons. The molecule has 1 aromatic heterocycles. The topological polar surface area (TPSA) is 49.3 Å². The predicted molar refractivity (Wildman–Crippen MR) is 100 cm³/mol. The zero-order chi connectivity index (χ0) is 20.3. The van der Waals surface area contributed by atoms with Crippen LogP contribution in [0.2, 0.25) is 0 Å². The summed E-state index contributed by atoms with van der Waals surface area (Å²) in [5.74, 6) is -0.742. The molecule has 5 nitrogen and oxygen atoms in total. The maximum Gasteiger partial charge on any atom is 0.395 e. The number of alkyl halides is 3. The summed E-state index contributed by atoms with van der Waals surface area (Å²) in [6.45, 7) is 5.52. The monoisotopic (exact) mass is 392 g/mol. The Bertz CT molecular complexity index is 798. The first kappa shape index (κ1) is 20.1. The van der Waals surface area contributed by atoms with Crippen LogP contribution in [0.3, 0.4) is 0 Å². The third-order valence-electron chi connectivity index (χ3n) is 5.07. The molecule has 1 amide bonds. The molecule has 2 heterocycles. The van der Waals surface area contributed by atoms with Gasteiger partial charge in [-0.05, 0) is 37.1 Å². The van der Waals surface area contributed by atoms with E-state index in [2.05, 4.69) is 15.1 Å². The summed E-state index contributed by atoms with van der Waals surface area (Å²) >= 11 is 0. The second kappa shape index (κ2) is 8.16. The Morgan fingerprint density at radius 3 is 2.21 bits per heavy atom. The number of hydrogen-bond donors (Lipinski definition) is 0. The van der Waals surface area contributed by atoms with Crippen molar-refractivity contribution in [1.82, 2.24) is 15.1 Å². The number of carbonyl (C=O) groups excluding carboxylic acids is 1. The largest absolute Gasteiger partial charge is 0.395 e. The number of amides is 1. The minimum atomic E-state index is -4.27. The van der Waals surface area contributed by atoms with Crippen molar-refractivity contribution in [3.63, 3.8) is 0 Å². The van der Waals surface area contributed by atoms with Gasteiger partial charge in [0.05, 0.1) is 18.0 Å². The Hall–Kier alpha value is -2.64. The van der Waals surface area contributed by atoms with Crippen LogP contribution < -0.4 is 4.90 Å². The molecule has 1 fully saturated rings. The predicted octanol–water partition coefficient (Wildman–Crippen LogP) is 3.34. The summed E-state index contributed by atoms with van der Waals surface area (Å²) in [5.41, 5.74) is 1.78. The first-order valence-corrected chi connectivity index (χ1v) is 9.22. The first-order chi connectivity index (χ1) is 13.2. The van der Waals surface area contributed by atoms with Gasteiger partial charge in [-0.2, -0.15) is 18.3 Å². The maximum absolute atomic E-state index is 12.8. The van der Waals surface area contributed by atoms with Gasteiger partial charge in [0, 0.05) is 26.2 Å². The maximum atomic E-state index is 12.8. The normalized spacial score (nSPS) is 16.2. The van der Waals surface area contributed by atoms with E-state index in [-0.39, 0.29) is 17.9 Å². The minimum absolute atomic E-state index is 0.0220. The van der Waals surface area contributed by atoms with E-state index in [1.807, 2.05) is 19.1 Å². The van der Waals surface area contributed by atoms with Crippen LogP contribution in [0.25, 0.3) is 0 Å². The average molecular weight is 392 g/mol. The summed E-state index contributed by atoms with van der Waals surface area (Å²) in [7, 11) is 0. The lowest BCUT2D eigenvalue weighted by Gasteiger charge is -2.35. The number of carbonyl (C=O) groups is 1. The molecule has 1 aliphatic heterocycles. The number of aryl methyl sites for hydroxylation is 1. The fourth-order valence-electron chi connectivity index (χ4n) is 3.15. The summed E-state index contributed by atoms with van der Waals surface area (Å²) < 4.78 is 38.4. The number of benzene rings is 1. The summed E-state index contributed by atoms with van der Waals surface area (Å²) in [4.78, 5) is 16.4. The second-order valence-corrected chi connectivity index (χ2v) is 7.08. The van der Waals surface area contributed by atoms with Gasteiger partial charge in [-0.15, -0.1) is 5.10 Å². The van der Waals surface area contributed by atoms with Crippen molar-refractivity contribution in [3.05, 3.63) is 53.2 Å². The highest BCUT2D eigenvalue weighted by atomic mass is 19.4. The molecular weight excluding hydrogens is 369 g/mol. The van der Waals surface area contributed by atoms with Crippen LogP contribution in [0.4, 0.5) is 19.0 Å². The van der Waals surface area contributed by atoms with Gasteiger partial charge < -0.3 is 9.80 Å². The summed E-state index contributed by atoms with van der Waals surface area (Å²) in [5, 5.41) is 8.23. The lowest BCUT2D eigenvalue weighted by Crippen LogP contribution is -2.49. The van der Waals surface area contributed by atoms with Gasteiger partial charge in [-0.3, -0.25) is 4.79 Å². The molecule has 1 aliphatic rings. The molecule has 1 atom stereocenters. The van der Waals surface area contributed by atoms with Gasteiger partial charge in [0.1, 0.15) is 0 Å². The first-order valence-electron chi connectivity index (χ1n) is 9.22. The molecule has 3 rings (SSSR count). The standard InChI is InChI=1S/C20H23F3N4O/c1-14-3-8-18(25-24-14)26-9-11-27(12-10-26)19(28)13-16-4-6-17(7-5-16)15(2)20(21,22)23/h3-8,15H,9-13H2,1-2H3. The van der Waals surface area contributed by atoms with Crippen LogP contribution in [0, 0.1) is 6.92 Å². The molecule has 0 spiro atoms. The fraction of sp³-hybridized carbons (Fsp3) is 0.450. The number of anilines is 1. The van der Waals surface area contributed by atoms with Crippen molar-refractivity contribution in [1.29, 1.82) is 0 Å². The lowest BCUT2D eigenvalue weighted by atomic mass is 9.98. The smallest absolute Gasteiger partial charge is 0.352 e. The Kier molecular flexibility index (Phi) is 5.86. The number of hydrogen-bond acceptors (Lipinski definition) is 4. The van der Waals surface area contributed by atoms with Crippen LogP contribution >= 0.6 is 0 Å². The van der Waals surface area contributed by atoms with Crippen molar-refractivity contribution >= 4 is 11.7 Å². The molecule has 0 bridgehead atoms. The van der Waals surface area contributed by atoms with Crippen molar-refractivity contribution in [3.8, 4) is 0 Å². The Morgan fingerprint density at radius 1 is 1.04 bits per heavy atom. The van der Waals surface area contributed by atoms with Crippen LogP contribution in [0.5, 0.6) is 0 Å². The van der Waals surface area contributed by atoms with Crippen molar-refractivity contribution in [2.75, 3.05) is 31.1 Å². The average Bonchev–Trinajstić information content (AvgIpc) is 2.68. The zero-order valence-corrected chi connectivity index (χ0v) is 15.9. The van der Waals surface area contributed by atoms with E-state index in [1.54, 1.807) is 17.0 Å². The van der Waals surface area contributed by atoms with Crippen molar-refractivity contribution in [2.24, 2.45) is 0 Å². The number of halogens is 3. The minimum Gasteiger partial charge on any atom is -0.352 e. The second-order valence-electron chi connectivity index (χ2n) is 7.08. The molecular formula is C20H23F3N4O. The number of aromatic nitrogens is 2. The van der Waals surface area contributed by atoms with Gasteiger partial charge in [-0.1, -0.05) is 24.3 Å². The Morgan fingerprint density at radius 2 is 1.68 bits per heavy atom. The summed E-state index contributed by atoms with van der Waals surface area (Å²) in [6.07, 6.45) is -4.08. The van der Waals surface area contributed by atoms with Crippen molar-refractivity contribution < 1.29 is 18.0 Å². The van der Waals surface area contributed by atoms with E-state index in [0.717, 1.165) is 24.0 Å². The van der Waals surface area contributed by atoms with Gasteiger partial charge in [0.25, 0.3) is 0 Å². The highest BCUT2D eigenvalue weighted by Crippen LogP contribution is 2.34. The van der Waals surface area contributed by atoms with E-state index in [4.69, 9.17) is 0 Å². The molecule has 28 heavy (non-hydrogen) atoms. The molecule has 0 N–H and O–H groups in total. The highest BCUT2D eigenvalue weighted by molar-refractivity contribution is 5.79. The van der Waals surface area contributed by atoms with Crippen molar-refractivity contribution in [2.45, 2.75) is 32.4 Å². The third-order valence-corrected chi connectivity index (χ3v) is 5.07. The quantitative estimate of drug-likeness (QED) is 0.801. The van der Waals surface area contributed by atoms with Gasteiger partial charge >= 0.3 is 6.18 Å². The van der Waals surface area contributed by atoms with E-state index in [1.165, 1.54) is 12.1 Å². The number of piperazine rings is 1. The molecule has 0 radical (unpaired) electrons. The van der Waals surface area contributed by atoms with E-state index in [0.29, 0.717) is 26.2 Å². The van der Waals surface area contributed by atoms with Crippen LogP contribution in [0.15, 0.2) is 36.4 Å².